The number of imide groups is 2. The van der Waals surface area contributed by atoms with E-state index in [4.69, 9.17) is 0 Å². The van der Waals surface area contributed by atoms with Crippen molar-refractivity contribution in [1.29, 1.82) is 0 Å². The minimum absolute atomic E-state index is 0.154. The summed E-state index contributed by atoms with van der Waals surface area (Å²) in [4.78, 5) is 38.2. The lowest BCUT2D eigenvalue weighted by Gasteiger charge is -2.32. The number of carbonyl (C=O) groups excluding carboxylic acids is 3. The maximum absolute atomic E-state index is 13.0. The SMILES string of the molecule is O=C1CC(=O)N(c2ccc(F)cc2)C(=O)N1c1ccc(F)cc1. The number of carbonyl (C=O) groups is 3. The summed E-state index contributed by atoms with van der Waals surface area (Å²) in [6, 6.07) is 8.61. The van der Waals surface area contributed by atoms with Crippen LogP contribution >= 0.6 is 0 Å². The van der Waals surface area contributed by atoms with Crippen LogP contribution in [0.1, 0.15) is 6.42 Å². The number of nitrogens with zero attached hydrogens (tertiary/aromatic N) is 2. The van der Waals surface area contributed by atoms with E-state index in [0.29, 0.717) is 0 Å². The van der Waals surface area contributed by atoms with Crippen molar-refractivity contribution in [3.63, 3.8) is 0 Å². The van der Waals surface area contributed by atoms with Crippen molar-refractivity contribution in [2.24, 2.45) is 0 Å². The van der Waals surface area contributed by atoms with Crippen molar-refractivity contribution in [3.8, 4) is 0 Å². The quantitative estimate of drug-likeness (QED) is 0.801. The average Bonchev–Trinajstić information content (AvgIpc) is 2.50. The molecular formula is C16H10F2N2O3. The Balaban J connectivity index is 2.00. The average molecular weight is 316 g/mol. The van der Waals surface area contributed by atoms with E-state index in [1.54, 1.807) is 0 Å². The lowest BCUT2D eigenvalue weighted by molar-refractivity contribution is -0.126. The molecule has 0 bridgehead atoms. The minimum Gasteiger partial charge on any atom is -0.273 e. The molecule has 1 aliphatic rings. The van der Waals surface area contributed by atoms with Gasteiger partial charge < -0.3 is 0 Å². The maximum atomic E-state index is 13.0. The molecule has 1 heterocycles. The van der Waals surface area contributed by atoms with E-state index >= 15 is 0 Å². The highest BCUT2D eigenvalue weighted by atomic mass is 19.1. The maximum Gasteiger partial charge on any atom is 0.342 e. The Morgan fingerprint density at radius 3 is 1.35 bits per heavy atom. The highest BCUT2D eigenvalue weighted by Gasteiger charge is 2.39. The number of barbiturate groups is 1. The summed E-state index contributed by atoms with van der Waals surface area (Å²) < 4.78 is 26.0. The molecule has 116 valence electrons. The highest BCUT2D eigenvalue weighted by molar-refractivity contribution is 6.35. The molecule has 1 aliphatic heterocycles. The third-order valence-electron chi connectivity index (χ3n) is 3.35. The topological polar surface area (TPSA) is 57.7 Å². The van der Waals surface area contributed by atoms with Gasteiger partial charge >= 0.3 is 6.03 Å². The largest absolute Gasteiger partial charge is 0.342 e. The van der Waals surface area contributed by atoms with Gasteiger partial charge in [0.15, 0.2) is 0 Å². The number of anilines is 2. The molecule has 2 aromatic rings. The third kappa shape index (κ3) is 2.68. The number of urea groups is 1. The van der Waals surface area contributed by atoms with Crippen LogP contribution in [0.4, 0.5) is 25.0 Å². The fraction of sp³-hybridized carbons (Fsp3) is 0.0625. The van der Waals surface area contributed by atoms with Gasteiger partial charge in [-0.3, -0.25) is 9.59 Å². The Morgan fingerprint density at radius 1 is 0.652 bits per heavy atom. The van der Waals surface area contributed by atoms with E-state index in [2.05, 4.69) is 0 Å². The predicted octanol–water partition coefficient (Wildman–Crippen LogP) is 2.85. The van der Waals surface area contributed by atoms with E-state index in [0.717, 1.165) is 34.1 Å². The van der Waals surface area contributed by atoms with Gasteiger partial charge in [0.05, 0.1) is 11.4 Å². The molecule has 0 saturated carbocycles. The second-order valence-corrected chi connectivity index (χ2v) is 4.87. The van der Waals surface area contributed by atoms with Crippen LogP contribution < -0.4 is 9.80 Å². The van der Waals surface area contributed by atoms with Crippen LogP contribution in [0.15, 0.2) is 48.5 Å². The number of halogens is 2. The van der Waals surface area contributed by atoms with E-state index < -0.39 is 35.9 Å². The van der Waals surface area contributed by atoms with Gasteiger partial charge in [-0.25, -0.2) is 23.4 Å². The first-order chi connectivity index (χ1) is 11.0. The molecule has 0 aliphatic carbocycles. The van der Waals surface area contributed by atoms with Crippen molar-refractivity contribution in [1.82, 2.24) is 0 Å². The third-order valence-corrected chi connectivity index (χ3v) is 3.35. The Morgan fingerprint density at radius 2 is 1.00 bits per heavy atom. The van der Waals surface area contributed by atoms with Crippen LogP contribution in [-0.2, 0) is 9.59 Å². The molecule has 0 unspecified atom stereocenters. The second-order valence-electron chi connectivity index (χ2n) is 4.87. The number of hydrogen-bond acceptors (Lipinski definition) is 3. The van der Waals surface area contributed by atoms with Crippen molar-refractivity contribution in [2.75, 3.05) is 9.80 Å². The van der Waals surface area contributed by atoms with Crippen LogP contribution in [-0.4, -0.2) is 17.8 Å². The summed E-state index contributed by atoms with van der Waals surface area (Å²) in [5, 5.41) is 0. The van der Waals surface area contributed by atoms with Crippen molar-refractivity contribution in [2.45, 2.75) is 6.42 Å². The molecule has 3 rings (SSSR count). The number of benzene rings is 2. The normalized spacial score (nSPS) is 15.3. The van der Waals surface area contributed by atoms with Crippen LogP contribution in [0.3, 0.4) is 0 Å². The fourth-order valence-corrected chi connectivity index (χ4v) is 2.29. The first-order valence-electron chi connectivity index (χ1n) is 6.68. The van der Waals surface area contributed by atoms with Gasteiger partial charge in [-0.05, 0) is 48.5 Å². The number of hydrogen-bond donors (Lipinski definition) is 0. The van der Waals surface area contributed by atoms with Crippen LogP contribution in [0.2, 0.25) is 0 Å². The van der Waals surface area contributed by atoms with E-state index in [1.165, 1.54) is 24.3 Å². The molecule has 1 fully saturated rings. The summed E-state index contributed by atoms with van der Waals surface area (Å²) in [7, 11) is 0. The molecule has 0 radical (unpaired) electrons. The van der Waals surface area contributed by atoms with Crippen molar-refractivity contribution < 1.29 is 23.2 Å². The predicted molar refractivity (Wildman–Crippen MR) is 77.8 cm³/mol. The first kappa shape index (κ1) is 14.8. The molecular weight excluding hydrogens is 306 g/mol. The summed E-state index contributed by atoms with van der Waals surface area (Å²) in [6.07, 6.45) is -0.513. The second kappa shape index (κ2) is 5.60. The van der Waals surface area contributed by atoms with E-state index in [9.17, 15) is 23.2 Å². The van der Waals surface area contributed by atoms with Gasteiger partial charge in [0.1, 0.15) is 18.1 Å². The molecule has 0 aromatic heterocycles. The van der Waals surface area contributed by atoms with Gasteiger partial charge in [0.25, 0.3) is 0 Å². The zero-order chi connectivity index (χ0) is 16.6. The Labute approximate surface area is 129 Å². The van der Waals surface area contributed by atoms with Gasteiger partial charge in [-0.2, -0.15) is 0 Å². The smallest absolute Gasteiger partial charge is 0.273 e. The van der Waals surface area contributed by atoms with E-state index in [1.807, 2.05) is 0 Å². The molecule has 5 nitrogen and oxygen atoms in total. The highest BCUT2D eigenvalue weighted by Crippen LogP contribution is 2.26. The summed E-state index contributed by atoms with van der Waals surface area (Å²) in [5.74, 6) is -2.44. The van der Waals surface area contributed by atoms with Gasteiger partial charge in [-0.15, -0.1) is 0 Å². The van der Waals surface area contributed by atoms with Crippen LogP contribution in [0, 0.1) is 11.6 Å². The first-order valence-corrected chi connectivity index (χ1v) is 6.68. The molecule has 4 amide bonds. The van der Waals surface area contributed by atoms with Gasteiger partial charge in [-0.1, -0.05) is 0 Å². The van der Waals surface area contributed by atoms with E-state index in [-0.39, 0.29) is 11.4 Å². The molecule has 23 heavy (non-hydrogen) atoms. The zero-order valence-electron chi connectivity index (χ0n) is 11.7. The van der Waals surface area contributed by atoms with Crippen molar-refractivity contribution in [3.05, 3.63) is 60.2 Å². The molecule has 1 saturated heterocycles. The monoisotopic (exact) mass is 316 g/mol. The van der Waals surface area contributed by atoms with Crippen molar-refractivity contribution >= 4 is 29.2 Å². The lowest BCUT2D eigenvalue weighted by atomic mass is 10.2. The Bertz CT molecular complexity index is 722. The molecule has 0 N–H and O–H groups in total. The van der Waals surface area contributed by atoms with Crippen LogP contribution in [0.25, 0.3) is 0 Å². The van der Waals surface area contributed by atoms with Gasteiger partial charge in [0.2, 0.25) is 11.8 Å². The molecule has 2 aromatic carbocycles. The molecule has 0 atom stereocenters. The standard InChI is InChI=1S/C16H10F2N2O3/c17-10-1-5-12(6-2-10)19-14(21)9-15(22)20(16(19)23)13-7-3-11(18)4-8-13/h1-8H,9H2. The summed E-state index contributed by atoms with van der Waals surface area (Å²) in [6.45, 7) is 0. The molecule has 0 spiro atoms. The molecule has 7 heteroatoms. The fourth-order valence-electron chi connectivity index (χ4n) is 2.29. The lowest BCUT2D eigenvalue weighted by Crippen LogP contribution is -2.55. The number of amides is 4. The summed E-state index contributed by atoms with van der Waals surface area (Å²) >= 11 is 0. The summed E-state index contributed by atoms with van der Waals surface area (Å²) in [5.41, 5.74) is 0.307. The Hall–Kier alpha value is -3.09. The van der Waals surface area contributed by atoms with Crippen LogP contribution in [0.5, 0.6) is 0 Å². The van der Waals surface area contributed by atoms with Gasteiger partial charge in [0, 0.05) is 0 Å². The minimum atomic E-state index is -0.885. The number of rotatable bonds is 2. The zero-order valence-corrected chi connectivity index (χ0v) is 11.7. The Kier molecular flexibility index (Phi) is 3.61.